The summed E-state index contributed by atoms with van der Waals surface area (Å²) in [4.78, 5) is 25.1. The molecule has 0 bridgehead atoms. The number of benzene rings is 2. The van der Waals surface area contributed by atoms with Crippen LogP contribution in [0.1, 0.15) is 28.9 Å². The monoisotopic (exact) mass is 342 g/mol. The van der Waals surface area contributed by atoms with Crippen molar-refractivity contribution in [2.45, 2.75) is 13.0 Å². The molecule has 0 saturated heterocycles. The van der Waals surface area contributed by atoms with Gasteiger partial charge in [-0.2, -0.15) is 0 Å². The number of amides is 1. The number of aryl methyl sites for hydroxylation is 1. The highest BCUT2D eigenvalue weighted by Crippen LogP contribution is 2.15. The molecule has 6 heteroatoms. The Morgan fingerprint density at radius 1 is 1.08 bits per heavy atom. The second-order valence-electron chi connectivity index (χ2n) is 5.89. The summed E-state index contributed by atoms with van der Waals surface area (Å²) in [5.74, 6) is -1.47. The molecule has 0 aliphatic heterocycles. The standard InChI is InChI=1S/C19H16F2N2O2/c1-11(12-3-5-13(20)6-4-12)22-19(25)16-10-23(2)17-8-7-14(21)9-15(17)18(16)24/h3-11H,1-2H3,(H,22,25)/t11-/m1/s1. The minimum atomic E-state index is -0.566. The summed E-state index contributed by atoms with van der Waals surface area (Å²) in [5, 5.41) is 2.85. The Morgan fingerprint density at radius 2 is 1.72 bits per heavy atom. The van der Waals surface area contributed by atoms with Gasteiger partial charge >= 0.3 is 0 Å². The van der Waals surface area contributed by atoms with Crippen LogP contribution in [0, 0.1) is 11.6 Å². The van der Waals surface area contributed by atoms with Gasteiger partial charge in [-0.05, 0) is 42.8 Å². The van der Waals surface area contributed by atoms with Gasteiger partial charge in [-0.1, -0.05) is 12.1 Å². The lowest BCUT2D eigenvalue weighted by Gasteiger charge is -2.15. The maximum atomic E-state index is 13.5. The number of hydrogen-bond donors (Lipinski definition) is 1. The zero-order valence-electron chi connectivity index (χ0n) is 13.7. The number of fused-ring (bicyclic) bond motifs is 1. The molecule has 1 amide bonds. The first-order chi connectivity index (χ1) is 11.9. The topological polar surface area (TPSA) is 51.1 Å². The SMILES string of the molecule is C[C@@H](NC(=O)c1cn(C)c2ccc(F)cc2c1=O)c1ccc(F)cc1. The molecule has 3 aromatic rings. The van der Waals surface area contributed by atoms with Gasteiger partial charge in [0.15, 0.2) is 0 Å². The maximum absolute atomic E-state index is 13.5. The van der Waals surface area contributed by atoms with Crippen molar-refractivity contribution in [3.63, 3.8) is 0 Å². The molecule has 0 unspecified atom stereocenters. The molecule has 1 heterocycles. The van der Waals surface area contributed by atoms with Gasteiger partial charge in [0, 0.05) is 18.6 Å². The molecule has 0 aliphatic carbocycles. The smallest absolute Gasteiger partial charge is 0.257 e. The van der Waals surface area contributed by atoms with Crippen LogP contribution < -0.4 is 10.7 Å². The van der Waals surface area contributed by atoms with Crippen LogP contribution in [-0.2, 0) is 7.05 Å². The van der Waals surface area contributed by atoms with Crippen molar-refractivity contribution in [2.24, 2.45) is 7.05 Å². The predicted molar refractivity (Wildman–Crippen MR) is 91.4 cm³/mol. The van der Waals surface area contributed by atoms with E-state index in [-0.39, 0.29) is 16.8 Å². The van der Waals surface area contributed by atoms with Gasteiger partial charge < -0.3 is 9.88 Å². The fraction of sp³-hybridized carbons (Fsp3) is 0.158. The Hall–Kier alpha value is -3.02. The van der Waals surface area contributed by atoms with Crippen LogP contribution in [0.25, 0.3) is 10.9 Å². The van der Waals surface area contributed by atoms with Crippen LogP contribution in [0.3, 0.4) is 0 Å². The molecule has 0 fully saturated rings. The van der Waals surface area contributed by atoms with Crippen LogP contribution in [-0.4, -0.2) is 10.5 Å². The number of halogens is 2. The van der Waals surface area contributed by atoms with Gasteiger partial charge in [0.1, 0.15) is 17.2 Å². The quantitative estimate of drug-likeness (QED) is 0.794. The normalized spacial score (nSPS) is 12.2. The Kier molecular flexibility index (Phi) is 4.35. The zero-order valence-corrected chi connectivity index (χ0v) is 13.7. The van der Waals surface area contributed by atoms with Crippen LogP contribution in [0.15, 0.2) is 53.5 Å². The van der Waals surface area contributed by atoms with E-state index in [1.54, 1.807) is 30.7 Å². The fourth-order valence-electron chi connectivity index (χ4n) is 2.74. The lowest BCUT2D eigenvalue weighted by molar-refractivity contribution is 0.0938. The van der Waals surface area contributed by atoms with Gasteiger partial charge in [0.2, 0.25) is 5.43 Å². The van der Waals surface area contributed by atoms with Crippen molar-refractivity contribution in [3.8, 4) is 0 Å². The Bertz CT molecular complexity index is 1010. The lowest BCUT2D eigenvalue weighted by Crippen LogP contribution is -2.31. The summed E-state index contributed by atoms with van der Waals surface area (Å²) in [5.41, 5.74) is 0.638. The number of nitrogens with one attached hydrogen (secondary N) is 1. The molecule has 1 aromatic heterocycles. The number of pyridine rings is 1. The highest BCUT2D eigenvalue weighted by molar-refractivity contribution is 5.97. The van der Waals surface area contributed by atoms with Crippen molar-refractivity contribution in [3.05, 3.63) is 81.6 Å². The molecule has 0 saturated carbocycles. The molecule has 3 rings (SSSR count). The molecule has 25 heavy (non-hydrogen) atoms. The zero-order chi connectivity index (χ0) is 18.1. The first kappa shape index (κ1) is 16.8. The third kappa shape index (κ3) is 3.28. The van der Waals surface area contributed by atoms with Crippen molar-refractivity contribution < 1.29 is 13.6 Å². The average molecular weight is 342 g/mol. The number of hydrogen-bond acceptors (Lipinski definition) is 2. The van der Waals surface area contributed by atoms with Gasteiger partial charge in [-0.25, -0.2) is 8.78 Å². The molecule has 2 aromatic carbocycles. The lowest BCUT2D eigenvalue weighted by atomic mass is 10.1. The Labute approximate surface area is 142 Å². The van der Waals surface area contributed by atoms with E-state index in [1.807, 2.05) is 0 Å². The predicted octanol–water partition coefficient (Wildman–Crippen LogP) is 3.31. The molecule has 128 valence electrons. The molecule has 4 nitrogen and oxygen atoms in total. The molecule has 0 spiro atoms. The van der Waals surface area contributed by atoms with Gasteiger partial charge in [0.25, 0.3) is 5.91 Å². The molecule has 0 radical (unpaired) electrons. The van der Waals surface area contributed by atoms with E-state index < -0.39 is 23.2 Å². The number of aromatic nitrogens is 1. The summed E-state index contributed by atoms with van der Waals surface area (Å²) in [6.45, 7) is 1.73. The van der Waals surface area contributed by atoms with Crippen LogP contribution in [0.5, 0.6) is 0 Å². The van der Waals surface area contributed by atoms with Crippen LogP contribution >= 0.6 is 0 Å². The number of carbonyl (C=O) groups excluding carboxylic acids is 1. The van der Waals surface area contributed by atoms with E-state index in [2.05, 4.69) is 5.32 Å². The minimum absolute atomic E-state index is 0.0745. The van der Waals surface area contributed by atoms with Gasteiger partial charge in [0.05, 0.1) is 11.6 Å². The van der Waals surface area contributed by atoms with Gasteiger partial charge in [-0.3, -0.25) is 9.59 Å². The molecular weight excluding hydrogens is 326 g/mol. The number of carbonyl (C=O) groups is 1. The van der Waals surface area contributed by atoms with E-state index in [9.17, 15) is 18.4 Å². The summed E-state index contributed by atoms with van der Waals surface area (Å²) < 4.78 is 28.1. The Balaban J connectivity index is 1.95. The highest BCUT2D eigenvalue weighted by Gasteiger charge is 2.17. The summed E-state index contributed by atoms with van der Waals surface area (Å²) >= 11 is 0. The third-order valence-corrected chi connectivity index (χ3v) is 4.11. The average Bonchev–Trinajstić information content (AvgIpc) is 2.58. The van der Waals surface area contributed by atoms with E-state index in [1.165, 1.54) is 30.5 Å². The minimum Gasteiger partial charge on any atom is -0.350 e. The summed E-state index contributed by atoms with van der Waals surface area (Å²) in [6.07, 6.45) is 1.43. The van der Waals surface area contributed by atoms with E-state index in [0.717, 1.165) is 6.07 Å². The number of rotatable bonds is 3. The van der Waals surface area contributed by atoms with Gasteiger partial charge in [-0.15, -0.1) is 0 Å². The van der Waals surface area contributed by atoms with E-state index in [0.29, 0.717) is 11.1 Å². The highest BCUT2D eigenvalue weighted by atomic mass is 19.1. The van der Waals surface area contributed by atoms with Crippen LogP contribution in [0.2, 0.25) is 0 Å². The van der Waals surface area contributed by atoms with Crippen molar-refractivity contribution >= 4 is 16.8 Å². The number of nitrogens with zero attached hydrogens (tertiary/aromatic N) is 1. The van der Waals surface area contributed by atoms with Crippen molar-refractivity contribution in [1.82, 2.24) is 9.88 Å². The van der Waals surface area contributed by atoms with E-state index >= 15 is 0 Å². The molecule has 0 aliphatic rings. The second-order valence-corrected chi connectivity index (χ2v) is 5.89. The second kappa shape index (κ2) is 6.47. The Morgan fingerprint density at radius 3 is 2.40 bits per heavy atom. The van der Waals surface area contributed by atoms with E-state index in [4.69, 9.17) is 0 Å². The summed E-state index contributed by atoms with van der Waals surface area (Å²) in [6, 6.07) is 9.19. The fourth-order valence-corrected chi connectivity index (χ4v) is 2.74. The van der Waals surface area contributed by atoms with Crippen molar-refractivity contribution in [2.75, 3.05) is 0 Å². The van der Waals surface area contributed by atoms with Crippen molar-refractivity contribution in [1.29, 1.82) is 0 Å². The largest absolute Gasteiger partial charge is 0.350 e. The first-order valence-electron chi connectivity index (χ1n) is 7.72. The summed E-state index contributed by atoms with van der Waals surface area (Å²) in [7, 11) is 1.68. The molecular formula is C19H16F2N2O2. The molecule has 1 atom stereocenters. The maximum Gasteiger partial charge on any atom is 0.257 e. The van der Waals surface area contributed by atoms with Crippen LogP contribution in [0.4, 0.5) is 8.78 Å². The molecule has 1 N–H and O–H groups in total. The first-order valence-corrected chi connectivity index (χ1v) is 7.72. The third-order valence-electron chi connectivity index (χ3n) is 4.11.